The van der Waals surface area contributed by atoms with E-state index in [2.05, 4.69) is 0 Å². The highest BCUT2D eigenvalue weighted by atomic mass is 127. The number of ketones is 1. The molecule has 0 spiro atoms. The molecule has 2 aromatic carbocycles. The third-order valence-electron chi connectivity index (χ3n) is 2.35. The maximum absolute atomic E-state index is 13.0. The molecule has 0 saturated carbocycles. The van der Waals surface area contributed by atoms with Gasteiger partial charge < -0.3 is 0 Å². The summed E-state index contributed by atoms with van der Waals surface area (Å²) in [6.07, 6.45) is 0. The molecule has 0 radical (unpaired) electrons. The summed E-state index contributed by atoms with van der Waals surface area (Å²) in [5.74, 6) is -0.626. The average molecular weight is 395 g/mol. The number of hydrogen-bond donors (Lipinski definition) is 0. The van der Waals surface area contributed by atoms with E-state index in [1.54, 1.807) is 12.1 Å². The molecule has 0 N–H and O–H groups in total. The van der Waals surface area contributed by atoms with Gasteiger partial charge in [0, 0.05) is 19.7 Å². The predicted octanol–water partition coefficient (Wildman–Crippen LogP) is 4.97. The first kappa shape index (κ1) is 13.8. The summed E-state index contributed by atoms with van der Waals surface area (Å²) in [5, 5.41) is 0.748. The van der Waals surface area contributed by atoms with Gasteiger partial charge in [-0.2, -0.15) is 0 Å². The molecule has 0 aromatic heterocycles. The fourth-order valence-electron chi connectivity index (χ4n) is 1.49. The molecule has 2 rings (SSSR count). The highest BCUT2D eigenvalue weighted by Gasteiger charge is 2.16. The summed E-state index contributed by atoms with van der Waals surface area (Å²) in [7, 11) is 0. The van der Waals surface area contributed by atoms with Crippen LogP contribution in [0.2, 0.25) is 10.0 Å². The van der Waals surface area contributed by atoms with Crippen molar-refractivity contribution in [2.75, 3.05) is 0 Å². The van der Waals surface area contributed by atoms with E-state index in [-0.39, 0.29) is 16.6 Å². The first-order valence-electron chi connectivity index (χ1n) is 4.94. The van der Waals surface area contributed by atoms with E-state index in [1.807, 2.05) is 22.6 Å². The smallest absolute Gasteiger partial charge is 0.195 e. The van der Waals surface area contributed by atoms with Crippen LogP contribution in [-0.4, -0.2) is 5.78 Å². The Balaban J connectivity index is 2.48. The number of rotatable bonds is 2. The van der Waals surface area contributed by atoms with Gasteiger partial charge in [0.05, 0.1) is 5.02 Å². The van der Waals surface area contributed by atoms with Gasteiger partial charge in [0.25, 0.3) is 0 Å². The zero-order valence-electron chi connectivity index (χ0n) is 8.88. The summed E-state index contributed by atoms with van der Waals surface area (Å²) in [4.78, 5) is 12.3. The van der Waals surface area contributed by atoms with Gasteiger partial charge in [0.15, 0.2) is 5.78 Å². The molecule has 0 amide bonds. The van der Waals surface area contributed by atoms with Crippen LogP contribution in [0.5, 0.6) is 0 Å². The molecule has 0 heterocycles. The molecule has 0 saturated heterocycles. The summed E-state index contributed by atoms with van der Waals surface area (Å²) in [5.41, 5.74) is 0.770. The van der Waals surface area contributed by atoms with Crippen molar-refractivity contribution >= 4 is 51.6 Å². The standard InChI is InChI=1S/C13H6Cl2FIO/c14-7-1-3-9(11(15)5-7)13(18)10-4-2-8(16)6-12(10)17/h1-6H. The molecular formula is C13H6Cl2FIO. The van der Waals surface area contributed by atoms with Crippen molar-refractivity contribution in [1.29, 1.82) is 0 Å². The normalized spacial score (nSPS) is 10.4. The second-order valence-electron chi connectivity index (χ2n) is 3.58. The van der Waals surface area contributed by atoms with Crippen molar-refractivity contribution < 1.29 is 9.18 Å². The summed E-state index contributed by atoms with van der Waals surface area (Å²) < 4.78 is 13.5. The lowest BCUT2D eigenvalue weighted by Crippen LogP contribution is -2.04. The van der Waals surface area contributed by atoms with E-state index in [9.17, 15) is 9.18 Å². The Morgan fingerprint density at radius 1 is 1.06 bits per heavy atom. The Hall–Kier alpha value is -0.650. The average Bonchev–Trinajstić information content (AvgIpc) is 2.28. The largest absolute Gasteiger partial charge is 0.289 e. The van der Waals surface area contributed by atoms with E-state index in [0.717, 1.165) is 0 Å². The number of carbonyl (C=O) groups excluding carboxylic acids is 1. The molecule has 2 aromatic rings. The van der Waals surface area contributed by atoms with Crippen LogP contribution in [0.15, 0.2) is 36.4 Å². The van der Waals surface area contributed by atoms with Crippen LogP contribution in [0.1, 0.15) is 15.9 Å². The molecule has 0 fully saturated rings. The van der Waals surface area contributed by atoms with E-state index < -0.39 is 0 Å². The number of halogens is 4. The van der Waals surface area contributed by atoms with Crippen LogP contribution < -0.4 is 0 Å². The van der Waals surface area contributed by atoms with E-state index in [1.165, 1.54) is 24.3 Å². The third kappa shape index (κ3) is 2.84. The number of carbonyl (C=O) groups is 1. The molecule has 0 aliphatic rings. The van der Waals surface area contributed by atoms with Crippen LogP contribution >= 0.6 is 45.8 Å². The molecule has 1 nitrogen and oxygen atoms in total. The van der Waals surface area contributed by atoms with Crippen molar-refractivity contribution in [2.45, 2.75) is 0 Å². The second-order valence-corrected chi connectivity index (χ2v) is 5.58. The van der Waals surface area contributed by atoms with E-state index in [0.29, 0.717) is 19.7 Å². The quantitative estimate of drug-likeness (QED) is 0.519. The summed E-state index contributed by atoms with van der Waals surface area (Å²) in [6, 6.07) is 8.66. The van der Waals surface area contributed by atoms with Crippen LogP contribution in [-0.2, 0) is 0 Å². The minimum atomic E-state index is -0.377. The molecule has 92 valence electrons. The maximum Gasteiger partial charge on any atom is 0.195 e. The summed E-state index contributed by atoms with van der Waals surface area (Å²) in [6.45, 7) is 0. The molecule has 0 aliphatic carbocycles. The van der Waals surface area contributed by atoms with Crippen LogP contribution in [0.4, 0.5) is 4.39 Å². The molecule has 18 heavy (non-hydrogen) atoms. The van der Waals surface area contributed by atoms with E-state index >= 15 is 0 Å². The molecule has 0 unspecified atom stereocenters. The van der Waals surface area contributed by atoms with Gasteiger partial charge in [-0.1, -0.05) is 23.2 Å². The van der Waals surface area contributed by atoms with Gasteiger partial charge >= 0.3 is 0 Å². The van der Waals surface area contributed by atoms with Gasteiger partial charge in [-0.25, -0.2) is 4.39 Å². The fourth-order valence-corrected chi connectivity index (χ4v) is 2.71. The van der Waals surface area contributed by atoms with Crippen LogP contribution in [0.25, 0.3) is 0 Å². The fraction of sp³-hybridized carbons (Fsp3) is 0. The molecule has 0 atom stereocenters. The zero-order valence-corrected chi connectivity index (χ0v) is 12.6. The van der Waals surface area contributed by atoms with Crippen molar-refractivity contribution in [1.82, 2.24) is 0 Å². The molecule has 0 bridgehead atoms. The SMILES string of the molecule is O=C(c1ccc(Cl)cc1Cl)c1ccc(F)cc1I. The predicted molar refractivity (Wildman–Crippen MR) is 79.0 cm³/mol. The Morgan fingerprint density at radius 2 is 1.72 bits per heavy atom. The van der Waals surface area contributed by atoms with Gasteiger partial charge in [-0.3, -0.25) is 4.79 Å². The van der Waals surface area contributed by atoms with Crippen molar-refractivity contribution in [2.24, 2.45) is 0 Å². The molecule has 0 aliphatic heterocycles. The maximum atomic E-state index is 13.0. The highest BCUT2D eigenvalue weighted by molar-refractivity contribution is 14.1. The Morgan fingerprint density at radius 3 is 2.33 bits per heavy atom. The second kappa shape index (κ2) is 5.55. The lowest BCUT2D eigenvalue weighted by molar-refractivity contribution is 0.103. The first-order valence-corrected chi connectivity index (χ1v) is 6.77. The zero-order chi connectivity index (χ0) is 13.3. The van der Waals surface area contributed by atoms with Crippen molar-refractivity contribution in [3.05, 3.63) is 67.0 Å². The van der Waals surface area contributed by atoms with Gasteiger partial charge in [0.1, 0.15) is 5.82 Å². The molecule has 5 heteroatoms. The Bertz CT molecular complexity index is 575. The van der Waals surface area contributed by atoms with Gasteiger partial charge in [0.2, 0.25) is 0 Å². The topological polar surface area (TPSA) is 17.1 Å². The lowest BCUT2D eigenvalue weighted by Gasteiger charge is -2.06. The van der Waals surface area contributed by atoms with Gasteiger partial charge in [-0.05, 0) is 59.0 Å². The minimum absolute atomic E-state index is 0.249. The highest BCUT2D eigenvalue weighted by Crippen LogP contribution is 2.25. The van der Waals surface area contributed by atoms with Crippen molar-refractivity contribution in [3.8, 4) is 0 Å². The Kier molecular flexibility index (Phi) is 4.25. The molecular weight excluding hydrogens is 389 g/mol. The Labute approximate surface area is 127 Å². The number of hydrogen-bond acceptors (Lipinski definition) is 1. The first-order chi connectivity index (χ1) is 8.49. The van der Waals surface area contributed by atoms with Gasteiger partial charge in [-0.15, -0.1) is 0 Å². The lowest BCUT2D eigenvalue weighted by atomic mass is 10.0. The van der Waals surface area contributed by atoms with Crippen LogP contribution in [0, 0.1) is 9.39 Å². The monoisotopic (exact) mass is 394 g/mol. The van der Waals surface area contributed by atoms with Crippen LogP contribution in [0.3, 0.4) is 0 Å². The number of benzene rings is 2. The van der Waals surface area contributed by atoms with E-state index in [4.69, 9.17) is 23.2 Å². The minimum Gasteiger partial charge on any atom is -0.289 e. The third-order valence-corrected chi connectivity index (χ3v) is 3.79. The van der Waals surface area contributed by atoms with Crippen molar-refractivity contribution in [3.63, 3.8) is 0 Å². The summed E-state index contributed by atoms with van der Waals surface area (Å²) >= 11 is 13.7.